The molecule has 2 N–H and O–H groups in total. The first-order chi connectivity index (χ1) is 6.58. The zero-order valence-corrected chi connectivity index (χ0v) is 8.88. The molecule has 1 aliphatic carbocycles. The van der Waals surface area contributed by atoms with E-state index in [4.69, 9.17) is 9.84 Å². The predicted molar refractivity (Wildman–Crippen MR) is 52.9 cm³/mol. The summed E-state index contributed by atoms with van der Waals surface area (Å²) in [5.41, 5.74) is -0.219. The van der Waals surface area contributed by atoms with Crippen molar-refractivity contribution in [3.05, 3.63) is 0 Å². The third-order valence-corrected chi connectivity index (χ3v) is 2.78. The molecule has 0 aromatic rings. The van der Waals surface area contributed by atoms with E-state index in [-0.39, 0.29) is 11.5 Å². The first kappa shape index (κ1) is 11.5. The van der Waals surface area contributed by atoms with E-state index >= 15 is 0 Å². The van der Waals surface area contributed by atoms with E-state index < -0.39 is 6.10 Å². The smallest absolute Gasteiger partial charge is 0.222 e. The molecule has 1 amide bonds. The van der Waals surface area contributed by atoms with Gasteiger partial charge in [-0.25, -0.2) is 0 Å². The van der Waals surface area contributed by atoms with Gasteiger partial charge in [0.1, 0.15) is 0 Å². The lowest BCUT2D eigenvalue weighted by Crippen LogP contribution is -2.44. The molecule has 14 heavy (non-hydrogen) atoms. The summed E-state index contributed by atoms with van der Waals surface area (Å²) in [6, 6.07) is 0. The van der Waals surface area contributed by atoms with Gasteiger partial charge in [-0.15, -0.1) is 0 Å². The zero-order valence-electron chi connectivity index (χ0n) is 8.88. The molecular formula is C10H19NO3. The van der Waals surface area contributed by atoms with Gasteiger partial charge in [0.05, 0.1) is 18.1 Å². The van der Waals surface area contributed by atoms with E-state index in [1.807, 2.05) is 0 Å². The Morgan fingerprint density at radius 2 is 2.29 bits per heavy atom. The summed E-state index contributed by atoms with van der Waals surface area (Å²) in [4.78, 5) is 11.4. The zero-order chi connectivity index (χ0) is 10.6. The van der Waals surface area contributed by atoms with Gasteiger partial charge in [-0.05, 0) is 26.2 Å². The quantitative estimate of drug-likeness (QED) is 0.678. The van der Waals surface area contributed by atoms with Gasteiger partial charge < -0.3 is 15.2 Å². The summed E-state index contributed by atoms with van der Waals surface area (Å²) in [5, 5.41) is 11.7. The number of nitrogens with one attached hydrogen (secondary N) is 1. The number of amides is 1. The number of hydrogen-bond donors (Lipinski definition) is 2. The molecule has 1 aliphatic rings. The van der Waals surface area contributed by atoms with Gasteiger partial charge in [-0.1, -0.05) is 0 Å². The van der Waals surface area contributed by atoms with Gasteiger partial charge in [0.15, 0.2) is 0 Å². The largest absolute Gasteiger partial charge is 0.392 e. The molecule has 4 nitrogen and oxygen atoms in total. The number of ether oxygens (including phenoxy) is 1. The van der Waals surface area contributed by atoms with Crippen LogP contribution >= 0.6 is 0 Å². The van der Waals surface area contributed by atoms with E-state index in [0.29, 0.717) is 13.0 Å². The van der Waals surface area contributed by atoms with Gasteiger partial charge in [0, 0.05) is 13.7 Å². The molecule has 1 saturated carbocycles. The lowest BCUT2D eigenvalue weighted by Gasteiger charge is -2.39. The topological polar surface area (TPSA) is 58.6 Å². The summed E-state index contributed by atoms with van der Waals surface area (Å²) in [6.07, 6.45) is 2.99. The molecule has 0 aromatic carbocycles. The Labute approximate surface area is 84.6 Å². The molecule has 0 aliphatic heterocycles. The summed E-state index contributed by atoms with van der Waals surface area (Å²) in [5.74, 6) is -0.0348. The van der Waals surface area contributed by atoms with Gasteiger partial charge in [-0.2, -0.15) is 0 Å². The van der Waals surface area contributed by atoms with Gasteiger partial charge >= 0.3 is 0 Å². The molecule has 0 heterocycles. The molecule has 1 atom stereocenters. The fourth-order valence-corrected chi connectivity index (χ4v) is 1.64. The molecule has 82 valence electrons. The van der Waals surface area contributed by atoms with Crippen LogP contribution in [0.25, 0.3) is 0 Å². The van der Waals surface area contributed by atoms with E-state index in [1.165, 1.54) is 0 Å². The molecule has 0 bridgehead atoms. The standard InChI is InChI=1S/C10H19NO3/c1-8(12)7-11-9(13)6-10(14-2)4-3-5-10/h8,12H,3-7H2,1-2H3,(H,11,13). The Morgan fingerprint density at radius 1 is 1.64 bits per heavy atom. The van der Waals surface area contributed by atoms with Crippen LogP contribution in [0.2, 0.25) is 0 Å². The predicted octanol–water partition coefficient (Wildman–Crippen LogP) is 0.443. The van der Waals surface area contributed by atoms with Gasteiger partial charge in [0.2, 0.25) is 5.91 Å². The fraction of sp³-hybridized carbons (Fsp3) is 0.900. The highest BCUT2D eigenvalue weighted by Gasteiger charge is 2.38. The minimum Gasteiger partial charge on any atom is -0.392 e. The van der Waals surface area contributed by atoms with Crippen LogP contribution < -0.4 is 5.32 Å². The Bertz CT molecular complexity index is 194. The van der Waals surface area contributed by atoms with Crippen molar-refractivity contribution in [1.82, 2.24) is 5.32 Å². The average Bonchev–Trinajstić information content (AvgIpc) is 2.08. The molecular weight excluding hydrogens is 182 g/mol. The number of methoxy groups -OCH3 is 1. The molecule has 0 aromatic heterocycles. The minimum absolute atomic E-state index is 0.0348. The maximum absolute atomic E-state index is 11.4. The molecule has 0 spiro atoms. The van der Waals surface area contributed by atoms with Crippen LogP contribution in [0.5, 0.6) is 0 Å². The van der Waals surface area contributed by atoms with Gasteiger partial charge in [0.25, 0.3) is 0 Å². The van der Waals surface area contributed by atoms with E-state index in [2.05, 4.69) is 5.32 Å². The second-order valence-corrected chi connectivity index (χ2v) is 4.07. The van der Waals surface area contributed by atoms with Gasteiger partial charge in [-0.3, -0.25) is 4.79 Å². The van der Waals surface area contributed by atoms with E-state index in [9.17, 15) is 4.79 Å². The van der Waals surface area contributed by atoms with E-state index in [1.54, 1.807) is 14.0 Å². The molecule has 1 rings (SSSR count). The lowest BCUT2D eigenvalue weighted by molar-refractivity contribution is -0.134. The fourth-order valence-electron chi connectivity index (χ4n) is 1.64. The molecule has 0 radical (unpaired) electrons. The summed E-state index contributed by atoms with van der Waals surface area (Å²) < 4.78 is 5.33. The summed E-state index contributed by atoms with van der Waals surface area (Å²) in [6.45, 7) is 1.97. The van der Waals surface area contributed by atoms with Crippen molar-refractivity contribution in [3.8, 4) is 0 Å². The normalized spacial score (nSPS) is 21.1. The first-order valence-corrected chi connectivity index (χ1v) is 5.08. The number of carbonyl (C=O) groups is 1. The van der Waals surface area contributed by atoms with Crippen molar-refractivity contribution < 1.29 is 14.6 Å². The summed E-state index contributed by atoms with van der Waals surface area (Å²) >= 11 is 0. The SMILES string of the molecule is COC1(CC(=O)NCC(C)O)CCC1. The highest BCUT2D eigenvalue weighted by molar-refractivity contribution is 5.77. The summed E-state index contributed by atoms with van der Waals surface area (Å²) in [7, 11) is 1.65. The lowest BCUT2D eigenvalue weighted by atomic mass is 9.77. The van der Waals surface area contributed by atoms with Crippen molar-refractivity contribution in [2.75, 3.05) is 13.7 Å². The highest BCUT2D eigenvalue weighted by atomic mass is 16.5. The first-order valence-electron chi connectivity index (χ1n) is 5.08. The Morgan fingerprint density at radius 3 is 2.64 bits per heavy atom. The van der Waals surface area contributed by atoms with Crippen molar-refractivity contribution >= 4 is 5.91 Å². The van der Waals surface area contributed by atoms with Crippen LogP contribution in [0.15, 0.2) is 0 Å². The van der Waals surface area contributed by atoms with Crippen molar-refractivity contribution in [2.24, 2.45) is 0 Å². The van der Waals surface area contributed by atoms with E-state index in [0.717, 1.165) is 19.3 Å². The van der Waals surface area contributed by atoms with Crippen LogP contribution in [-0.4, -0.2) is 36.4 Å². The Balaban J connectivity index is 2.25. The Kier molecular flexibility index (Phi) is 3.89. The number of carbonyl (C=O) groups excluding carboxylic acids is 1. The third-order valence-electron chi connectivity index (χ3n) is 2.78. The van der Waals surface area contributed by atoms with Crippen LogP contribution in [0.4, 0.5) is 0 Å². The van der Waals surface area contributed by atoms with Crippen LogP contribution in [-0.2, 0) is 9.53 Å². The molecule has 0 saturated heterocycles. The average molecular weight is 201 g/mol. The van der Waals surface area contributed by atoms with Crippen molar-refractivity contribution in [3.63, 3.8) is 0 Å². The molecule has 1 fully saturated rings. The third kappa shape index (κ3) is 2.96. The second-order valence-electron chi connectivity index (χ2n) is 4.07. The maximum atomic E-state index is 11.4. The monoisotopic (exact) mass is 201 g/mol. The van der Waals surface area contributed by atoms with Crippen molar-refractivity contribution in [1.29, 1.82) is 0 Å². The van der Waals surface area contributed by atoms with Crippen LogP contribution in [0.1, 0.15) is 32.6 Å². The molecule has 1 unspecified atom stereocenters. The Hall–Kier alpha value is -0.610. The number of rotatable bonds is 5. The number of aliphatic hydroxyl groups is 1. The van der Waals surface area contributed by atoms with Crippen molar-refractivity contribution in [2.45, 2.75) is 44.3 Å². The number of hydrogen-bond acceptors (Lipinski definition) is 3. The number of aliphatic hydroxyl groups excluding tert-OH is 1. The second kappa shape index (κ2) is 4.75. The van der Waals surface area contributed by atoms with Crippen LogP contribution in [0, 0.1) is 0 Å². The van der Waals surface area contributed by atoms with Crippen LogP contribution in [0.3, 0.4) is 0 Å². The maximum Gasteiger partial charge on any atom is 0.222 e. The molecule has 4 heteroatoms. The highest BCUT2D eigenvalue weighted by Crippen LogP contribution is 2.37. The minimum atomic E-state index is -0.487.